The number of urea groups is 1. The fraction of sp³-hybridized carbons (Fsp3) is 0.190. The van der Waals surface area contributed by atoms with Gasteiger partial charge in [-0.1, -0.05) is 30.3 Å². The summed E-state index contributed by atoms with van der Waals surface area (Å²) in [6.07, 6.45) is 1.26. The molecule has 1 atom stereocenters. The SMILES string of the molecule is O=C(C[C@H]1NC(=O)N(c2ccccc2)C1=O)NCCn1cnc2ccccc2c1=O. The molecule has 3 aromatic rings. The maximum absolute atomic E-state index is 12.5. The Labute approximate surface area is 171 Å². The van der Waals surface area contributed by atoms with Gasteiger partial charge >= 0.3 is 6.03 Å². The van der Waals surface area contributed by atoms with Crippen LogP contribution in [0.25, 0.3) is 10.9 Å². The van der Waals surface area contributed by atoms with Gasteiger partial charge in [0, 0.05) is 13.1 Å². The van der Waals surface area contributed by atoms with Crippen molar-refractivity contribution in [2.75, 3.05) is 11.4 Å². The monoisotopic (exact) mass is 405 g/mol. The lowest BCUT2D eigenvalue weighted by atomic mass is 10.2. The van der Waals surface area contributed by atoms with Gasteiger partial charge in [-0.05, 0) is 24.3 Å². The van der Waals surface area contributed by atoms with E-state index < -0.39 is 23.9 Å². The van der Waals surface area contributed by atoms with Gasteiger partial charge in [0.1, 0.15) is 6.04 Å². The van der Waals surface area contributed by atoms with Gasteiger partial charge in [-0.3, -0.25) is 19.0 Å². The highest BCUT2D eigenvalue weighted by molar-refractivity contribution is 6.22. The lowest BCUT2D eigenvalue weighted by molar-refractivity contribution is -0.125. The molecule has 1 saturated heterocycles. The standard InChI is InChI=1S/C21H19N5O4/c27-18(12-17-20(29)26(21(30)24-17)14-6-2-1-3-7-14)22-10-11-25-13-23-16-9-5-4-8-15(16)19(25)28/h1-9,13,17H,10-12H2,(H,22,27)(H,24,30)/t17-/m1/s1. The fourth-order valence-electron chi connectivity index (χ4n) is 3.33. The van der Waals surface area contributed by atoms with Crippen molar-refractivity contribution in [2.45, 2.75) is 19.0 Å². The van der Waals surface area contributed by atoms with Gasteiger partial charge in [0.2, 0.25) is 5.91 Å². The number of carbonyl (C=O) groups excluding carboxylic acids is 3. The number of hydrogen-bond acceptors (Lipinski definition) is 5. The summed E-state index contributed by atoms with van der Waals surface area (Å²) in [6, 6.07) is 14.1. The second-order valence-corrected chi connectivity index (χ2v) is 6.83. The molecule has 9 nitrogen and oxygen atoms in total. The van der Waals surface area contributed by atoms with Crippen molar-refractivity contribution in [3.63, 3.8) is 0 Å². The van der Waals surface area contributed by atoms with E-state index in [4.69, 9.17) is 0 Å². The van der Waals surface area contributed by atoms with Crippen LogP contribution in [0.3, 0.4) is 0 Å². The van der Waals surface area contributed by atoms with Gasteiger partial charge in [0.25, 0.3) is 11.5 Å². The zero-order chi connectivity index (χ0) is 21.1. The van der Waals surface area contributed by atoms with Crippen molar-refractivity contribution < 1.29 is 14.4 Å². The molecule has 2 heterocycles. The van der Waals surface area contributed by atoms with Crippen LogP contribution >= 0.6 is 0 Å². The van der Waals surface area contributed by atoms with E-state index in [1.807, 2.05) is 0 Å². The number of rotatable bonds is 6. The van der Waals surface area contributed by atoms with E-state index >= 15 is 0 Å². The number of imide groups is 1. The third-order valence-electron chi connectivity index (χ3n) is 4.83. The van der Waals surface area contributed by atoms with Crippen LogP contribution in [0.2, 0.25) is 0 Å². The largest absolute Gasteiger partial charge is 0.354 e. The van der Waals surface area contributed by atoms with E-state index in [1.165, 1.54) is 10.9 Å². The van der Waals surface area contributed by atoms with Gasteiger partial charge in [0.05, 0.1) is 29.3 Å². The molecule has 0 radical (unpaired) electrons. The zero-order valence-corrected chi connectivity index (χ0v) is 15.9. The summed E-state index contributed by atoms with van der Waals surface area (Å²) in [6.45, 7) is 0.430. The predicted molar refractivity (Wildman–Crippen MR) is 110 cm³/mol. The number of anilines is 1. The topological polar surface area (TPSA) is 113 Å². The highest BCUT2D eigenvalue weighted by Crippen LogP contribution is 2.19. The summed E-state index contributed by atoms with van der Waals surface area (Å²) in [5, 5.41) is 5.71. The lowest BCUT2D eigenvalue weighted by Gasteiger charge is -2.13. The summed E-state index contributed by atoms with van der Waals surface area (Å²) in [7, 11) is 0. The molecular weight excluding hydrogens is 386 g/mol. The van der Waals surface area contributed by atoms with Crippen LogP contribution in [0.15, 0.2) is 65.7 Å². The van der Waals surface area contributed by atoms with E-state index in [0.29, 0.717) is 16.6 Å². The molecule has 1 fully saturated rings. The zero-order valence-electron chi connectivity index (χ0n) is 15.9. The number of hydrogen-bond donors (Lipinski definition) is 2. The van der Waals surface area contributed by atoms with Crippen LogP contribution in [0.5, 0.6) is 0 Å². The summed E-state index contributed by atoms with van der Waals surface area (Å²) in [5.74, 6) is -0.873. The Balaban J connectivity index is 1.33. The van der Waals surface area contributed by atoms with Crippen molar-refractivity contribution in [3.8, 4) is 0 Å². The molecule has 0 spiro atoms. The Morgan fingerprint density at radius 3 is 2.57 bits per heavy atom. The van der Waals surface area contributed by atoms with E-state index in [9.17, 15) is 19.2 Å². The molecule has 30 heavy (non-hydrogen) atoms. The smallest absolute Gasteiger partial charge is 0.329 e. The number of nitrogens with zero attached hydrogens (tertiary/aromatic N) is 3. The van der Waals surface area contributed by atoms with Crippen molar-refractivity contribution in [1.82, 2.24) is 20.2 Å². The van der Waals surface area contributed by atoms with Gasteiger partial charge < -0.3 is 10.6 Å². The molecule has 4 rings (SSSR count). The third-order valence-corrected chi connectivity index (χ3v) is 4.83. The third kappa shape index (κ3) is 3.77. The van der Waals surface area contributed by atoms with Crippen LogP contribution in [-0.4, -0.2) is 40.0 Å². The Kier molecular flexibility index (Phi) is 5.25. The number of fused-ring (bicyclic) bond motifs is 1. The van der Waals surface area contributed by atoms with E-state index in [0.717, 1.165) is 4.90 Å². The number of carbonyl (C=O) groups is 3. The minimum atomic E-state index is -0.928. The first-order valence-electron chi connectivity index (χ1n) is 9.45. The minimum absolute atomic E-state index is 0.182. The average molecular weight is 405 g/mol. The minimum Gasteiger partial charge on any atom is -0.354 e. The Morgan fingerprint density at radius 1 is 1.03 bits per heavy atom. The Hall–Kier alpha value is -4.01. The van der Waals surface area contributed by atoms with Crippen LogP contribution in [0.4, 0.5) is 10.5 Å². The molecule has 1 aliphatic rings. The number of amides is 4. The molecule has 0 saturated carbocycles. The van der Waals surface area contributed by atoms with Crippen molar-refractivity contribution in [3.05, 3.63) is 71.3 Å². The maximum Gasteiger partial charge on any atom is 0.329 e. The number of para-hydroxylation sites is 2. The lowest BCUT2D eigenvalue weighted by Crippen LogP contribution is -2.38. The Morgan fingerprint density at radius 2 is 1.77 bits per heavy atom. The van der Waals surface area contributed by atoms with Crippen molar-refractivity contribution in [2.24, 2.45) is 0 Å². The highest BCUT2D eigenvalue weighted by Gasteiger charge is 2.39. The fourth-order valence-corrected chi connectivity index (χ4v) is 3.33. The van der Waals surface area contributed by atoms with Gasteiger partial charge in [0.15, 0.2) is 0 Å². The van der Waals surface area contributed by atoms with Gasteiger partial charge in [-0.25, -0.2) is 14.7 Å². The van der Waals surface area contributed by atoms with Crippen LogP contribution in [0.1, 0.15) is 6.42 Å². The maximum atomic E-state index is 12.5. The molecule has 0 bridgehead atoms. The first kappa shape index (κ1) is 19.3. The van der Waals surface area contributed by atoms with Crippen LogP contribution in [-0.2, 0) is 16.1 Å². The average Bonchev–Trinajstić information content (AvgIpc) is 3.03. The molecule has 152 valence electrons. The van der Waals surface area contributed by atoms with Gasteiger partial charge in [-0.15, -0.1) is 0 Å². The molecule has 1 aromatic heterocycles. The molecule has 0 aliphatic carbocycles. The molecule has 0 unspecified atom stereocenters. The molecule has 9 heteroatoms. The van der Waals surface area contributed by atoms with E-state index in [-0.39, 0.29) is 25.1 Å². The van der Waals surface area contributed by atoms with Crippen LogP contribution in [0, 0.1) is 0 Å². The number of aromatic nitrogens is 2. The molecule has 4 amide bonds. The van der Waals surface area contributed by atoms with E-state index in [2.05, 4.69) is 15.6 Å². The second-order valence-electron chi connectivity index (χ2n) is 6.83. The summed E-state index contributed by atoms with van der Waals surface area (Å²) < 4.78 is 1.42. The molecule has 2 N–H and O–H groups in total. The summed E-state index contributed by atoms with van der Waals surface area (Å²) >= 11 is 0. The normalized spacial score (nSPS) is 16.0. The van der Waals surface area contributed by atoms with Gasteiger partial charge in [-0.2, -0.15) is 0 Å². The quantitative estimate of drug-likeness (QED) is 0.595. The summed E-state index contributed by atoms with van der Waals surface area (Å²) in [4.78, 5) is 54.6. The number of benzene rings is 2. The molecular formula is C21H19N5O4. The predicted octanol–water partition coefficient (Wildman–Crippen LogP) is 1.03. The van der Waals surface area contributed by atoms with Crippen molar-refractivity contribution >= 4 is 34.4 Å². The number of nitrogens with one attached hydrogen (secondary N) is 2. The summed E-state index contributed by atoms with van der Waals surface area (Å²) in [5.41, 5.74) is 0.874. The molecule has 2 aromatic carbocycles. The first-order chi connectivity index (χ1) is 14.5. The van der Waals surface area contributed by atoms with Crippen LogP contribution < -0.4 is 21.1 Å². The first-order valence-corrected chi connectivity index (χ1v) is 9.45. The molecule has 1 aliphatic heterocycles. The second kappa shape index (κ2) is 8.16. The highest BCUT2D eigenvalue weighted by atomic mass is 16.2. The van der Waals surface area contributed by atoms with Crippen molar-refractivity contribution in [1.29, 1.82) is 0 Å². The van der Waals surface area contributed by atoms with E-state index in [1.54, 1.807) is 54.6 Å². The Bertz CT molecular complexity index is 1170.